The molecule has 0 atom stereocenters. The number of aryl methyl sites for hydroxylation is 1. The molecule has 0 N–H and O–H groups in total. The minimum absolute atomic E-state index is 0.226. The molecule has 0 spiro atoms. The van der Waals surface area contributed by atoms with E-state index in [9.17, 15) is 4.79 Å². The fourth-order valence-corrected chi connectivity index (χ4v) is 1.54. The first-order valence-electron chi connectivity index (χ1n) is 4.29. The molecule has 1 aromatic rings. The molecule has 13 heavy (non-hydrogen) atoms. The van der Waals surface area contributed by atoms with Gasteiger partial charge in [-0.1, -0.05) is 0 Å². The van der Waals surface area contributed by atoms with E-state index in [1.165, 1.54) is 7.11 Å². The average Bonchev–Trinajstić information content (AvgIpc) is 2.69. The SMILES string of the molecule is COC(=O)Cc1nnc2n1CCC2. The van der Waals surface area contributed by atoms with Gasteiger partial charge in [-0.05, 0) is 6.42 Å². The van der Waals surface area contributed by atoms with E-state index in [1.54, 1.807) is 0 Å². The summed E-state index contributed by atoms with van der Waals surface area (Å²) in [4.78, 5) is 11.0. The molecule has 1 aliphatic heterocycles. The molecule has 5 heteroatoms. The predicted octanol–water partition coefficient (Wildman–Crippen LogP) is -0.0602. The number of hydrogen-bond acceptors (Lipinski definition) is 4. The van der Waals surface area contributed by atoms with Gasteiger partial charge in [-0.15, -0.1) is 10.2 Å². The van der Waals surface area contributed by atoms with Gasteiger partial charge >= 0.3 is 5.97 Å². The highest BCUT2D eigenvalue weighted by Gasteiger charge is 2.18. The zero-order chi connectivity index (χ0) is 9.26. The van der Waals surface area contributed by atoms with Gasteiger partial charge in [0, 0.05) is 13.0 Å². The third-order valence-corrected chi connectivity index (χ3v) is 2.22. The molecular formula is C8H11N3O2. The molecule has 1 aliphatic rings. The third kappa shape index (κ3) is 1.41. The minimum atomic E-state index is -0.262. The number of aromatic nitrogens is 3. The van der Waals surface area contributed by atoms with Gasteiger partial charge < -0.3 is 9.30 Å². The van der Waals surface area contributed by atoms with Crippen LogP contribution in [-0.2, 0) is 28.9 Å². The monoisotopic (exact) mass is 181 g/mol. The van der Waals surface area contributed by atoms with Gasteiger partial charge in [0.2, 0.25) is 0 Å². The van der Waals surface area contributed by atoms with Crippen LogP contribution in [0.3, 0.4) is 0 Å². The second-order valence-corrected chi connectivity index (χ2v) is 3.04. The smallest absolute Gasteiger partial charge is 0.313 e. The summed E-state index contributed by atoms with van der Waals surface area (Å²) in [5.74, 6) is 1.44. The van der Waals surface area contributed by atoms with Crippen molar-refractivity contribution >= 4 is 5.97 Å². The third-order valence-electron chi connectivity index (χ3n) is 2.22. The van der Waals surface area contributed by atoms with E-state index in [1.807, 2.05) is 4.57 Å². The summed E-state index contributed by atoms with van der Waals surface area (Å²) in [5.41, 5.74) is 0. The number of ether oxygens (including phenoxy) is 1. The molecule has 70 valence electrons. The largest absolute Gasteiger partial charge is 0.469 e. The Bertz CT molecular complexity index is 332. The highest BCUT2D eigenvalue weighted by atomic mass is 16.5. The topological polar surface area (TPSA) is 57.0 Å². The molecule has 5 nitrogen and oxygen atoms in total. The van der Waals surface area contributed by atoms with Crippen molar-refractivity contribution in [3.63, 3.8) is 0 Å². The molecule has 0 fully saturated rings. The molecule has 0 aliphatic carbocycles. The van der Waals surface area contributed by atoms with Crippen molar-refractivity contribution in [2.45, 2.75) is 25.8 Å². The lowest BCUT2D eigenvalue weighted by Gasteiger charge is -2.00. The van der Waals surface area contributed by atoms with Gasteiger partial charge in [0.25, 0.3) is 0 Å². The number of methoxy groups -OCH3 is 1. The van der Waals surface area contributed by atoms with Crippen LogP contribution < -0.4 is 0 Å². The van der Waals surface area contributed by atoms with Crippen molar-refractivity contribution in [1.29, 1.82) is 0 Å². The van der Waals surface area contributed by atoms with E-state index in [0.717, 1.165) is 31.0 Å². The van der Waals surface area contributed by atoms with Gasteiger partial charge in [0.1, 0.15) is 18.1 Å². The highest BCUT2D eigenvalue weighted by molar-refractivity contribution is 5.71. The summed E-state index contributed by atoms with van der Waals surface area (Å²) in [6.45, 7) is 0.925. The summed E-state index contributed by atoms with van der Waals surface area (Å²) in [7, 11) is 1.38. The number of hydrogen-bond donors (Lipinski definition) is 0. The summed E-state index contributed by atoms with van der Waals surface area (Å²) < 4.78 is 6.56. The first-order valence-corrected chi connectivity index (χ1v) is 4.29. The minimum Gasteiger partial charge on any atom is -0.469 e. The molecule has 0 unspecified atom stereocenters. The van der Waals surface area contributed by atoms with Crippen LogP contribution in [0, 0.1) is 0 Å². The molecule has 0 saturated carbocycles. The molecule has 0 bridgehead atoms. The number of esters is 1. The zero-order valence-corrected chi connectivity index (χ0v) is 7.49. The van der Waals surface area contributed by atoms with Crippen LogP contribution in [0.25, 0.3) is 0 Å². The number of fused-ring (bicyclic) bond motifs is 1. The van der Waals surface area contributed by atoms with Gasteiger partial charge in [-0.2, -0.15) is 0 Å². The maximum absolute atomic E-state index is 11.0. The summed E-state index contributed by atoms with van der Waals surface area (Å²) in [6.07, 6.45) is 2.29. The Hall–Kier alpha value is -1.39. The highest BCUT2D eigenvalue weighted by Crippen LogP contribution is 2.14. The lowest BCUT2D eigenvalue weighted by Crippen LogP contribution is -2.10. The maximum Gasteiger partial charge on any atom is 0.313 e. The number of carbonyl (C=O) groups excluding carboxylic acids is 1. The lowest BCUT2D eigenvalue weighted by molar-refractivity contribution is -0.139. The Morgan fingerprint density at radius 1 is 1.62 bits per heavy atom. The van der Waals surface area contributed by atoms with Gasteiger partial charge in [-0.3, -0.25) is 4.79 Å². The quantitative estimate of drug-likeness (QED) is 0.600. The van der Waals surface area contributed by atoms with Crippen molar-refractivity contribution in [3.8, 4) is 0 Å². The van der Waals surface area contributed by atoms with Crippen LogP contribution >= 0.6 is 0 Å². The number of rotatable bonds is 2. The number of carbonyl (C=O) groups is 1. The first-order chi connectivity index (χ1) is 6.31. The Labute approximate surface area is 75.7 Å². The zero-order valence-electron chi connectivity index (χ0n) is 7.49. The lowest BCUT2D eigenvalue weighted by atomic mass is 10.4. The molecule has 0 aromatic carbocycles. The molecule has 2 rings (SSSR count). The molecule has 0 amide bonds. The second-order valence-electron chi connectivity index (χ2n) is 3.04. The molecule has 1 aromatic heterocycles. The Morgan fingerprint density at radius 2 is 2.46 bits per heavy atom. The Kier molecular flexibility index (Phi) is 2.00. The van der Waals surface area contributed by atoms with E-state index in [-0.39, 0.29) is 12.4 Å². The second kappa shape index (κ2) is 3.16. The van der Waals surface area contributed by atoms with Crippen molar-refractivity contribution in [3.05, 3.63) is 11.6 Å². The van der Waals surface area contributed by atoms with Crippen LogP contribution in [-0.4, -0.2) is 27.8 Å². The molecule has 0 radical (unpaired) electrons. The van der Waals surface area contributed by atoms with Gasteiger partial charge in [0.15, 0.2) is 0 Å². The molecular weight excluding hydrogens is 170 g/mol. The van der Waals surface area contributed by atoms with Crippen molar-refractivity contribution in [2.75, 3.05) is 7.11 Å². The van der Waals surface area contributed by atoms with Crippen LogP contribution in [0.1, 0.15) is 18.1 Å². The van der Waals surface area contributed by atoms with E-state index in [4.69, 9.17) is 0 Å². The summed E-state index contributed by atoms with van der Waals surface area (Å²) in [6, 6.07) is 0. The predicted molar refractivity (Wildman–Crippen MR) is 44.1 cm³/mol. The standard InChI is InChI=1S/C8H11N3O2/c1-13-8(12)5-7-10-9-6-3-2-4-11(6)7/h2-5H2,1H3. The summed E-state index contributed by atoms with van der Waals surface area (Å²) in [5, 5.41) is 7.93. The normalized spacial score (nSPS) is 14.2. The van der Waals surface area contributed by atoms with E-state index >= 15 is 0 Å². The first kappa shape index (κ1) is 8.22. The van der Waals surface area contributed by atoms with Crippen molar-refractivity contribution < 1.29 is 9.53 Å². The average molecular weight is 181 g/mol. The van der Waals surface area contributed by atoms with Gasteiger partial charge in [0.05, 0.1) is 7.11 Å². The molecule has 0 saturated heterocycles. The van der Waals surface area contributed by atoms with Gasteiger partial charge in [-0.25, -0.2) is 0 Å². The van der Waals surface area contributed by atoms with Crippen LogP contribution in [0.15, 0.2) is 0 Å². The Balaban J connectivity index is 2.17. The fraction of sp³-hybridized carbons (Fsp3) is 0.625. The van der Waals surface area contributed by atoms with E-state index in [2.05, 4.69) is 14.9 Å². The van der Waals surface area contributed by atoms with E-state index in [0.29, 0.717) is 0 Å². The summed E-state index contributed by atoms with van der Waals surface area (Å²) >= 11 is 0. The fourth-order valence-electron chi connectivity index (χ4n) is 1.54. The Morgan fingerprint density at radius 3 is 3.23 bits per heavy atom. The van der Waals surface area contributed by atoms with Crippen LogP contribution in [0.2, 0.25) is 0 Å². The number of nitrogens with zero attached hydrogens (tertiary/aromatic N) is 3. The van der Waals surface area contributed by atoms with E-state index < -0.39 is 0 Å². The van der Waals surface area contributed by atoms with Crippen molar-refractivity contribution in [1.82, 2.24) is 14.8 Å². The maximum atomic E-state index is 11.0. The van der Waals surface area contributed by atoms with Crippen molar-refractivity contribution in [2.24, 2.45) is 0 Å². The van der Waals surface area contributed by atoms with Crippen LogP contribution in [0.4, 0.5) is 0 Å². The molecule has 2 heterocycles. The van der Waals surface area contributed by atoms with Crippen LogP contribution in [0.5, 0.6) is 0 Å².